The van der Waals surface area contributed by atoms with Gasteiger partial charge in [-0.05, 0) is 18.6 Å². The molecule has 0 fully saturated rings. The number of aromatic nitrogens is 4. The van der Waals surface area contributed by atoms with Gasteiger partial charge in [0.05, 0.1) is 11.6 Å². The maximum atomic E-state index is 12.1. The number of fused-ring (bicyclic) bond motifs is 1. The van der Waals surface area contributed by atoms with E-state index < -0.39 is 0 Å². The summed E-state index contributed by atoms with van der Waals surface area (Å²) in [5.41, 5.74) is 1.76. The van der Waals surface area contributed by atoms with Gasteiger partial charge in [-0.25, -0.2) is 9.97 Å². The van der Waals surface area contributed by atoms with Crippen molar-refractivity contribution < 1.29 is 9.21 Å². The van der Waals surface area contributed by atoms with Gasteiger partial charge in [0, 0.05) is 26.6 Å². The fourth-order valence-electron chi connectivity index (χ4n) is 2.53. The Balaban J connectivity index is 1.55. The predicted molar refractivity (Wildman–Crippen MR) is 89.9 cm³/mol. The van der Waals surface area contributed by atoms with E-state index in [0.29, 0.717) is 24.7 Å². The molecule has 0 atom stereocenters. The quantitative estimate of drug-likeness (QED) is 0.668. The van der Waals surface area contributed by atoms with Crippen molar-refractivity contribution in [2.24, 2.45) is 7.05 Å². The summed E-state index contributed by atoms with van der Waals surface area (Å²) in [5.74, 6) is 1.68. The van der Waals surface area contributed by atoms with E-state index in [1.54, 1.807) is 16.9 Å². The molecular formula is C16H20N6O2. The van der Waals surface area contributed by atoms with Crippen molar-refractivity contribution in [3.8, 4) is 0 Å². The molecule has 126 valence electrons. The molecule has 0 saturated carbocycles. The average Bonchev–Trinajstić information content (AvgIpc) is 3.15. The number of nitrogens with zero attached hydrogens (tertiary/aromatic N) is 4. The van der Waals surface area contributed by atoms with Gasteiger partial charge >= 0.3 is 0 Å². The highest BCUT2D eigenvalue weighted by molar-refractivity contribution is 5.91. The van der Waals surface area contributed by atoms with Crippen LogP contribution in [-0.2, 0) is 13.5 Å². The van der Waals surface area contributed by atoms with Crippen LogP contribution in [0.3, 0.4) is 0 Å². The molecule has 3 aromatic heterocycles. The van der Waals surface area contributed by atoms with Crippen molar-refractivity contribution in [2.75, 3.05) is 18.4 Å². The molecular weight excluding hydrogens is 308 g/mol. The van der Waals surface area contributed by atoms with Crippen LogP contribution in [0.25, 0.3) is 11.0 Å². The van der Waals surface area contributed by atoms with Gasteiger partial charge in [0.1, 0.15) is 17.9 Å². The summed E-state index contributed by atoms with van der Waals surface area (Å²) in [7, 11) is 1.83. The summed E-state index contributed by atoms with van der Waals surface area (Å²) in [4.78, 5) is 20.5. The van der Waals surface area contributed by atoms with Crippen LogP contribution >= 0.6 is 0 Å². The molecule has 8 heteroatoms. The zero-order valence-corrected chi connectivity index (χ0v) is 14.0. The second-order valence-corrected chi connectivity index (χ2v) is 5.48. The maximum absolute atomic E-state index is 12.1. The maximum Gasteiger partial charge on any atom is 0.287 e. The molecule has 3 rings (SSSR count). The second-order valence-electron chi connectivity index (χ2n) is 5.48. The number of hydrogen-bond donors (Lipinski definition) is 2. The minimum atomic E-state index is -0.214. The molecule has 3 heterocycles. The lowest BCUT2D eigenvalue weighted by Crippen LogP contribution is -2.28. The van der Waals surface area contributed by atoms with E-state index in [1.807, 2.05) is 20.9 Å². The van der Waals surface area contributed by atoms with E-state index in [2.05, 4.69) is 25.7 Å². The van der Waals surface area contributed by atoms with Gasteiger partial charge in [-0.15, -0.1) is 0 Å². The normalized spacial score (nSPS) is 11.0. The minimum Gasteiger partial charge on any atom is -0.456 e. The van der Waals surface area contributed by atoms with Gasteiger partial charge in [0.2, 0.25) is 0 Å². The van der Waals surface area contributed by atoms with Gasteiger partial charge in [0.15, 0.2) is 11.4 Å². The third-order valence-electron chi connectivity index (χ3n) is 3.80. The molecule has 0 aliphatic heterocycles. The predicted octanol–water partition coefficient (Wildman–Crippen LogP) is 1.67. The number of rotatable bonds is 6. The number of carbonyl (C=O) groups excluding carboxylic acids is 1. The fraction of sp³-hybridized carbons (Fsp3) is 0.375. The van der Waals surface area contributed by atoms with Gasteiger partial charge in [-0.1, -0.05) is 6.92 Å². The van der Waals surface area contributed by atoms with Gasteiger partial charge in [0.25, 0.3) is 5.91 Å². The van der Waals surface area contributed by atoms with E-state index in [1.165, 1.54) is 6.33 Å². The number of anilines is 1. The molecule has 0 spiro atoms. The summed E-state index contributed by atoms with van der Waals surface area (Å²) in [6, 6.07) is 1.77. The molecule has 0 radical (unpaired) electrons. The first kappa shape index (κ1) is 16.0. The van der Waals surface area contributed by atoms with Crippen molar-refractivity contribution in [3.05, 3.63) is 35.7 Å². The van der Waals surface area contributed by atoms with Crippen LogP contribution in [0.5, 0.6) is 0 Å². The van der Waals surface area contributed by atoms with Gasteiger partial charge in [-0.2, -0.15) is 5.10 Å². The van der Waals surface area contributed by atoms with Gasteiger partial charge in [-0.3, -0.25) is 9.48 Å². The lowest BCUT2D eigenvalue weighted by atomic mass is 10.2. The number of furan rings is 1. The number of carbonyl (C=O) groups is 1. The Morgan fingerprint density at radius 3 is 2.92 bits per heavy atom. The first-order valence-corrected chi connectivity index (χ1v) is 7.84. The first-order chi connectivity index (χ1) is 11.6. The number of amides is 1. The summed E-state index contributed by atoms with van der Waals surface area (Å²) in [5, 5.41) is 11.0. The highest BCUT2D eigenvalue weighted by atomic mass is 16.4. The van der Waals surface area contributed by atoms with Crippen LogP contribution in [0, 0.1) is 6.92 Å². The molecule has 0 bridgehead atoms. The molecule has 1 amide bonds. The van der Waals surface area contributed by atoms with E-state index in [0.717, 1.165) is 28.8 Å². The zero-order chi connectivity index (χ0) is 17.1. The average molecular weight is 328 g/mol. The Morgan fingerprint density at radius 2 is 2.17 bits per heavy atom. The highest BCUT2D eigenvalue weighted by Crippen LogP contribution is 2.17. The SMILES string of the molecule is CCc1oc(C(=O)NCCNc2ncnc3c2cnn3C)cc1C. The lowest BCUT2D eigenvalue weighted by molar-refractivity contribution is 0.0926. The summed E-state index contributed by atoms with van der Waals surface area (Å²) in [6.07, 6.45) is 3.98. The molecule has 0 unspecified atom stereocenters. The van der Waals surface area contributed by atoms with Crippen LogP contribution < -0.4 is 10.6 Å². The molecule has 8 nitrogen and oxygen atoms in total. The monoisotopic (exact) mass is 328 g/mol. The highest BCUT2D eigenvalue weighted by Gasteiger charge is 2.13. The Kier molecular flexibility index (Phi) is 4.45. The summed E-state index contributed by atoms with van der Waals surface area (Å²) in [6.45, 7) is 4.92. The minimum absolute atomic E-state index is 0.214. The number of hydrogen-bond acceptors (Lipinski definition) is 6. The second kappa shape index (κ2) is 6.69. The lowest BCUT2D eigenvalue weighted by Gasteiger charge is -2.07. The van der Waals surface area contributed by atoms with Crippen molar-refractivity contribution in [1.82, 2.24) is 25.1 Å². The third-order valence-corrected chi connectivity index (χ3v) is 3.80. The molecule has 24 heavy (non-hydrogen) atoms. The van der Waals surface area contributed by atoms with E-state index in [4.69, 9.17) is 4.42 Å². The largest absolute Gasteiger partial charge is 0.456 e. The van der Waals surface area contributed by atoms with Crippen LogP contribution in [0.1, 0.15) is 28.8 Å². The number of nitrogens with one attached hydrogen (secondary N) is 2. The van der Waals surface area contributed by atoms with Gasteiger partial charge < -0.3 is 15.1 Å². The van der Waals surface area contributed by atoms with Crippen LogP contribution in [0.15, 0.2) is 23.0 Å². The molecule has 0 aliphatic carbocycles. The Hall–Kier alpha value is -2.90. The fourth-order valence-corrected chi connectivity index (χ4v) is 2.53. The van der Waals surface area contributed by atoms with Crippen molar-refractivity contribution in [2.45, 2.75) is 20.3 Å². The molecule has 3 aromatic rings. The van der Waals surface area contributed by atoms with Crippen LogP contribution in [0.2, 0.25) is 0 Å². The molecule has 0 aliphatic rings. The topological polar surface area (TPSA) is 97.9 Å². The Morgan fingerprint density at radius 1 is 1.33 bits per heavy atom. The summed E-state index contributed by atoms with van der Waals surface area (Å²) < 4.78 is 7.23. The molecule has 0 saturated heterocycles. The molecule has 0 aromatic carbocycles. The van der Waals surface area contributed by atoms with Crippen LogP contribution in [-0.4, -0.2) is 38.7 Å². The smallest absolute Gasteiger partial charge is 0.287 e. The molecule has 2 N–H and O–H groups in total. The van der Waals surface area contributed by atoms with E-state index in [-0.39, 0.29) is 5.91 Å². The third kappa shape index (κ3) is 3.08. The van der Waals surface area contributed by atoms with Crippen molar-refractivity contribution in [1.29, 1.82) is 0 Å². The van der Waals surface area contributed by atoms with Crippen molar-refractivity contribution >= 4 is 22.8 Å². The zero-order valence-electron chi connectivity index (χ0n) is 14.0. The first-order valence-electron chi connectivity index (χ1n) is 7.84. The van der Waals surface area contributed by atoms with Crippen molar-refractivity contribution in [3.63, 3.8) is 0 Å². The Labute approximate surface area is 139 Å². The standard InChI is InChI=1S/C16H20N6O2/c1-4-12-10(2)7-13(24-12)16(23)18-6-5-17-14-11-8-21-22(3)15(11)20-9-19-14/h7-9H,4-6H2,1-3H3,(H,18,23)(H,17,19,20). The van der Waals surface area contributed by atoms with E-state index >= 15 is 0 Å². The van der Waals surface area contributed by atoms with Crippen LogP contribution in [0.4, 0.5) is 5.82 Å². The Bertz CT molecular complexity index is 867. The number of aryl methyl sites for hydroxylation is 3. The summed E-state index contributed by atoms with van der Waals surface area (Å²) >= 11 is 0. The van der Waals surface area contributed by atoms with E-state index in [9.17, 15) is 4.79 Å².